The van der Waals surface area contributed by atoms with Gasteiger partial charge in [0.1, 0.15) is 5.75 Å². The number of phenols is 1. The highest BCUT2D eigenvalue weighted by atomic mass is 32.2. The summed E-state index contributed by atoms with van der Waals surface area (Å²) in [6, 6.07) is 7.00. The SMILES string of the molecule is CSCC(=O)N(C)C(C)c1ccccc1O. The van der Waals surface area contributed by atoms with Gasteiger partial charge in [0.05, 0.1) is 11.8 Å². The third kappa shape index (κ3) is 2.92. The Morgan fingerprint density at radius 2 is 2.12 bits per heavy atom. The van der Waals surface area contributed by atoms with Gasteiger partial charge in [-0.05, 0) is 19.2 Å². The fraction of sp³-hybridized carbons (Fsp3) is 0.417. The minimum absolute atomic E-state index is 0.0725. The van der Waals surface area contributed by atoms with Crippen LogP contribution in [-0.2, 0) is 4.79 Å². The van der Waals surface area contributed by atoms with Crippen molar-refractivity contribution in [3.63, 3.8) is 0 Å². The summed E-state index contributed by atoms with van der Waals surface area (Å²) < 4.78 is 0. The lowest BCUT2D eigenvalue weighted by Gasteiger charge is -2.25. The minimum Gasteiger partial charge on any atom is -0.508 e. The predicted octanol–water partition coefficient (Wildman–Crippen LogP) is 2.27. The quantitative estimate of drug-likeness (QED) is 0.876. The summed E-state index contributed by atoms with van der Waals surface area (Å²) in [4.78, 5) is 13.4. The molecule has 1 N–H and O–H groups in total. The van der Waals surface area contributed by atoms with E-state index in [9.17, 15) is 9.90 Å². The van der Waals surface area contributed by atoms with Crippen molar-refractivity contribution in [1.82, 2.24) is 4.90 Å². The summed E-state index contributed by atoms with van der Waals surface area (Å²) in [5.41, 5.74) is 0.777. The van der Waals surface area contributed by atoms with Gasteiger partial charge in [-0.25, -0.2) is 0 Å². The minimum atomic E-state index is -0.110. The lowest BCUT2D eigenvalue weighted by Crippen LogP contribution is -2.31. The molecule has 0 heterocycles. The van der Waals surface area contributed by atoms with E-state index in [4.69, 9.17) is 0 Å². The molecule has 4 heteroatoms. The van der Waals surface area contributed by atoms with Gasteiger partial charge in [-0.2, -0.15) is 11.8 Å². The van der Waals surface area contributed by atoms with Crippen LogP contribution in [0.25, 0.3) is 0 Å². The molecule has 0 aliphatic heterocycles. The van der Waals surface area contributed by atoms with Gasteiger partial charge in [-0.3, -0.25) is 4.79 Å². The number of carbonyl (C=O) groups is 1. The van der Waals surface area contributed by atoms with E-state index in [1.54, 1.807) is 24.1 Å². The highest BCUT2D eigenvalue weighted by Gasteiger charge is 2.18. The van der Waals surface area contributed by atoms with Crippen molar-refractivity contribution < 1.29 is 9.90 Å². The number of aromatic hydroxyl groups is 1. The highest BCUT2D eigenvalue weighted by molar-refractivity contribution is 7.99. The number of para-hydroxylation sites is 1. The lowest BCUT2D eigenvalue weighted by atomic mass is 10.1. The third-order valence-electron chi connectivity index (χ3n) is 2.63. The highest BCUT2D eigenvalue weighted by Crippen LogP contribution is 2.27. The van der Waals surface area contributed by atoms with Gasteiger partial charge in [-0.15, -0.1) is 0 Å². The molecule has 16 heavy (non-hydrogen) atoms. The van der Waals surface area contributed by atoms with Crippen LogP contribution in [-0.4, -0.2) is 35.0 Å². The van der Waals surface area contributed by atoms with Crippen LogP contribution in [0.4, 0.5) is 0 Å². The third-order valence-corrected chi connectivity index (χ3v) is 3.16. The van der Waals surface area contributed by atoms with Crippen molar-refractivity contribution in [2.24, 2.45) is 0 Å². The van der Waals surface area contributed by atoms with Crippen LogP contribution in [0.15, 0.2) is 24.3 Å². The molecule has 0 saturated heterocycles. The zero-order valence-electron chi connectivity index (χ0n) is 9.80. The molecule has 0 spiro atoms. The molecule has 1 aromatic rings. The van der Waals surface area contributed by atoms with Gasteiger partial charge < -0.3 is 10.0 Å². The number of benzene rings is 1. The Morgan fingerprint density at radius 3 is 2.69 bits per heavy atom. The molecule has 1 amide bonds. The Morgan fingerprint density at radius 1 is 1.50 bits per heavy atom. The maximum absolute atomic E-state index is 11.7. The first-order chi connectivity index (χ1) is 7.57. The van der Waals surface area contributed by atoms with E-state index in [2.05, 4.69) is 0 Å². The molecule has 0 aromatic heterocycles. The second kappa shape index (κ2) is 5.80. The number of hydrogen-bond donors (Lipinski definition) is 1. The van der Waals surface area contributed by atoms with Gasteiger partial charge in [0.25, 0.3) is 0 Å². The fourth-order valence-electron chi connectivity index (χ4n) is 1.49. The van der Waals surface area contributed by atoms with Gasteiger partial charge in [0.2, 0.25) is 5.91 Å². The van der Waals surface area contributed by atoms with Crippen molar-refractivity contribution in [1.29, 1.82) is 0 Å². The number of thioether (sulfide) groups is 1. The molecule has 0 aliphatic rings. The summed E-state index contributed by atoms with van der Waals surface area (Å²) in [5, 5.41) is 9.70. The predicted molar refractivity (Wildman–Crippen MR) is 67.7 cm³/mol. The number of rotatable bonds is 4. The van der Waals surface area contributed by atoms with E-state index >= 15 is 0 Å². The largest absolute Gasteiger partial charge is 0.508 e. The van der Waals surface area contributed by atoms with Gasteiger partial charge in [0, 0.05) is 12.6 Å². The molecular weight excluding hydrogens is 222 g/mol. The average molecular weight is 239 g/mol. The molecule has 0 fully saturated rings. The molecule has 0 saturated carbocycles. The maximum atomic E-state index is 11.7. The normalized spacial score (nSPS) is 12.2. The van der Waals surface area contributed by atoms with Gasteiger partial charge in [0.15, 0.2) is 0 Å². The first-order valence-electron chi connectivity index (χ1n) is 5.10. The van der Waals surface area contributed by atoms with Crippen molar-refractivity contribution in [3.8, 4) is 5.75 Å². The summed E-state index contributed by atoms with van der Waals surface area (Å²) in [7, 11) is 1.76. The van der Waals surface area contributed by atoms with Crippen molar-refractivity contribution >= 4 is 17.7 Å². The van der Waals surface area contributed by atoms with Crippen LogP contribution in [0.2, 0.25) is 0 Å². The topological polar surface area (TPSA) is 40.5 Å². The number of amides is 1. The smallest absolute Gasteiger partial charge is 0.232 e. The summed E-state index contributed by atoms with van der Waals surface area (Å²) in [6.07, 6.45) is 1.90. The van der Waals surface area contributed by atoms with E-state index in [1.807, 2.05) is 25.3 Å². The molecule has 1 aromatic carbocycles. The molecule has 0 radical (unpaired) electrons. The van der Waals surface area contributed by atoms with Crippen molar-refractivity contribution in [2.75, 3.05) is 19.1 Å². The number of nitrogens with zero attached hydrogens (tertiary/aromatic N) is 1. The van der Waals surface area contributed by atoms with Crippen molar-refractivity contribution in [3.05, 3.63) is 29.8 Å². The number of hydrogen-bond acceptors (Lipinski definition) is 3. The van der Waals surface area contributed by atoms with E-state index in [0.717, 1.165) is 5.56 Å². The van der Waals surface area contributed by atoms with Crippen LogP contribution in [0.1, 0.15) is 18.5 Å². The van der Waals surface area contributed by atoms with E-state index in [1.165, 1.54) is 11.8 Å². The molecule has 0 aliphatic carbocycles. The second-order valence-electron chi connectivity index (χ2n) is 3.67. The van der Waals surface area contributed by atoms with Crippen LogP contribution in [0, 0.1) is 0 Å². The molecule has 1 atom stereocenters. The molecule has 88 valence electrons. The van der Waals surface area contributed by atoms with Crippen LogP contribution in [0.3, 0.4) is 0 Å². The molecule has 3 nitrogen and oxygen atoms in total. The molecule has 0 bridgehead atoms. The summed E-state index contributed by atoms with van der Waals surface area (Å²) in [6.45, 7) is 1.91. The average Bonchev–Trinajstić information content (AvgIpc) is 2.28. The van der Waals surface area contributed by atoms with Crippen LogP contribution >= 0.6 is 11.8 Å². The fourth-order valence-corrected chi connectivity index (χ4v) is 1.94. The second-order valence-corrected chi connectivity index (χ2v) is 4.54. The number of phenolic OH excluding ortho intramolecular Hbond substituents is 1. The number of carbonyl (C=O) groups excluding carboxylic acids is 1. The van der Waals surface area contributed by atoms with Crippen molar-refractivity contribution in [2.45, 2.75) is 13.0 Å². The Hall–Kier alpha value is -1.16. The Kier molecular flexibility index (Phi) is 4.68. The lowest BCUT2D eigenvalue weighted by molar-refractivity contribution is -0.128. The maximum Gasteiger partial charge on any atom is 0.232 e. The van der Waals surface area contributed by atoms with Gasteiger partial charge >= 0.3 is 0 Å². The van der Waals surface area contributed by atoms with E-state index < -0.39 is 0 Å². The molecule has 1 rings (SSSR count). The first-order valence-corrected chi connectivity index (χ1v) is 6.49. The Labute approximate surface area is 100 Å². The summed E-state index contributed by atoms with van der Waals surface area (Å²) in [5.74, 6) is 0.774. The standard InChI is InChI=1S/C12H17NO2S/c1-9(13(2)12(15)8-16-3)10-6-4-5-7-11(10)14/h4-7,9,14H,8H2,1-3H3. The molecular formula is C12H17NO2S. The van der Waals surface area contributed by atoms with E-state index in [-0.39, 0.29) is 17.7 Å². The Balaban J connectivity index is 2.82. The zero-order chi connectivity index (χ0) is 12.1. The monoisotopic (exact) mass is 239 g/mol. The van der Waals surface area contributed by atoms with Crippen LogP contribution < -0.4 is 0 Å². The zero-order valence-corrected chi connectivity index (χ0v) is 10.6. The van der Waals surface area contributed by atoms with E-state index in [0.29, 0.717) is 5.75 Å². The Bertz CT molecular complexity index is 368. The van der Waals surface area contributed by atoms with Gasteiger partial charge in [-0.1, -0.05) is 18.2 Å². The molecule has 1 unspecified atom stereocenters. The van der Waals surface area contributed by atoms with Crippen LogP contribution in [0.5, 0.6) is 5.75 Å². The summed E-state index contributed by atoms with van der Waals surface area (Å²) >= 11 is 1.50. The first kappa shape index (κ1) is 12.9.